The lowest BCUT2D eigenvalue weighted by Crippen LogP contribution is -2.24. The van der Waals surface area contributed by atoms with Gasteiger partial charge in [0.05, 0.1) is 10.6 Å². The van der Waals surface area contributed by atoms with Crippen molar-refractivity contribution in [3.05, 3.63) is 40.7 Å². The van der Waals surface area contributed by atoms with Crippen molar-refractivity contribution < 1.29 is 4.79 Å². The van der Waals surface area contributed by atoms with Gasteiger partial charge in [-0.15, -0.1) is 0 Å². The third-order valence-electron chi connectivity index (χ3n) is 2.07. The van der Waals surface area contributed by atoms with Crippen molar-refractivity contribution >= 4 is 17.5 Å². The van der Waals surface area contributed by atoms with E-state index in [0.29, 0.717) is 17.1 Å². The molecule has 0 aromatic carbocycles. The Kier molecular flexibility index (Phi) is 4.99. The van der Waals surface area contributed by atoms with Crippen molar-refractivity contribution in [3.8, 4) is 0 Å². The van der Waals surface area contributed by atoms with Gasteiger partial charge in [0, 0.05) is 18.4 Å². The van der Waals surface area contributed by atoms with Crippen LogP contribution in [-0.4, -0.2) is 17.4 Å². The summed E-state index contributed by atoms with van der Waals surface area (Å²) >= 11 is 5.95. The van der Waals surface area contributed by atoms with Crippen molar-refractivity contribution in [3.63, 3.8) is 0 Å². The van der Waals surface area contributed by atoms with Crippen LogP contribution in [0.4, 0.5) is 0 Å². The van der Waals surface area contributed by atoms with E-state index in [4.69, 9.17) is 11.6 Å². The summed E-state index contributed by atoms with van der Waals surface area (Å²) in [6, 6.07) is 1.68. The summed E-state index contributed by atoms with van der Waals surface area (Å²) in [6.45, 7) is 4.38. The van der Waals surface area contributed by atoms with Gasteiger partial charge in [-0.3, -0.25) is 9.78 Å². The highest BCUT2D eigenvalue weighted by Gasteiger charge is 2.09. The van der Waals surface area contributed by atoms with Crippen LogP contribution in [0.1, 0.15) is 29.4 Å². The third kappa shape index (κ3) is 3.66. The van der Waals surface area contributed by atoms with Gasteiger partial charge in [-0.05, 0) is 26.3 Å². The first-order chi connectivity index (χ1) is 7.65. The van der Waals surface area contributed by atoms with Crippen LogP contribution in [0.25, 0.3) is 0 Å². The average molecular weight is 239 g/mol. The number of rotatable bonds is 4. The summed E-state index contributed by atoms with van der Waals surface area (Å²) < 4.78 is 0. The summed E-state index contributed by atoms with van der Waals surface area (Å²) in [5.74, 6) is -0.179. The van der Waals surface area contributed by atoms with E-state index >= 15 is 0 Å². The molecule has 0 saturated carbocycles. The SMILES string of the molecule is C/C=C/CCNC(=O)c1cnc(C)cc1Cl. The Morgan fingerprint density at radius 1 is 1.62 bits per heavy atom. The van der Waals surface area contributed by atoms with Gasteiger partial charge >= 0.3 is 0 Å². The second-order valence-corrected chi connectivity index (χ2v) is 3.83. The summed E-state index contributed by atoms with van der Waals surface area (Å²) in [7, 11) is 0. The average Bonchev–Trinajstić information content (AvgIpc) is 2.24. The highest BCUT2D eigenvalue weighted by molar-refractivity contribution is 6.33. The molecule has 1 aromatic rings. The maximum atomic E-state index is 11.7. The minimum absolute atomic E-state index is 0.179. The molecule has 0 atom stereocenters. The summed E-state index contributed by atoms with van der Waals surface area (Å²) in [5, 5.41) is 3.22. The Balaban J connectivity index is 2.59. The molecule has 4 heteroatoms. The second kappa shape index (κ2) is 6.28. The number of amides is 1. The second-order valence-electron chi connectivity index (χ2n) is 3.42. The van der Waals surface area contributed by atoms with E-state index < -0.39 is 0 Å². The minimum atomic E-state index is -0.179. The molecule has 0 unspecified atom stereocenters. The number of nitrogens with zero attached hydrogens (tertiary/aromatic N) is 1. The highest BCUT2D eigenvalue weighted by atomic mass is 35.5. The molecule has 3 nitrogen and oxygen atoms in total. The quantitative estimate of drug-likeness (QED) is 0.647. The fraction of sp³-hybridized carbons (Fsp3) is 0.333. The monoisotopic (exact) mass is 238 g/mol. The molecule has 0 saturated heterocycles. The standard InChI is InChI=1S/C12H15ClN2O/c1-3-4-5-6-14-12(16)10-8-15-9(2)7-11(10)13/h3-4,7-8H,5-6H2,1-2H3,(H,14,16)/b4-3+. The highest BCUT2D eigenvalue weighted by Crippen LogP contribution is 2.15. The van der Waals surface area contributed by atoms with Gasteiger partial charge in [0.2, 0.25) is 0 Å². The van der Waals surface area contributed by atoms with Crippen molar-refractivity contribution in [2.75, 3.05) is 6.54 Å². The van der Waals surface area contributed by atoms with Gasteiger partial charge in [-0.2, -0.15) is 0 Å². The van der Waals surface area contributed by atoms with Crippen LogP contribution in [0.5, 0.6) is 0 Å². The Bertz CT molecular complexity index is 402. The lowest BCUT2D eigenvalue weighted by atomic mass is 10.2. The molecule has 1 N–H and O–H groups in total. The van der Waals surface area contributed by atoms with E-state index in [2.05, 4.69) is 10.3 Å². The van der Waals surface area contributed by atoms with Crippen LogP contribution in [0.2, 0.25) is 5.02 Å². The zero-order chi connectivity index (χ0) is 12.0. The van der Waals surface area contributed by atoms with Gasteiger partial charge in [-0.1, -0.05) is 23.8 Å². The lowest BCUT2D eigenvalue weighted by Gasteiger charge is -2.05. The largest absolute Gasteiger partial charge is 0.352 e. The van der Waals surface area contributed by atoms with Crippen LogP contribution in [0, 0.1) is 6.92 Å². The maximum Gasteiger partial charge on any atom is 0.254 e. The number of carbonyl (C=O) groups excluding carboxylic acids is 1. The molecule has 0 fully saturated rings. The topological polar surface area (TPSA) is 42.0 Å². The number of halogens is 1. The zero-order valence-corrected chi connectivity index (χ0v) is 10.2. The smallest absolute Gasteiger partial charge is 0.254 e. The lowest BCUT2D eigenvalue weighted by molar-refractivity contribution is 0.0954. The summed E-state index contributed by atoms with van der Waals surface area (Å²) in [6.07, 6.45) is 6.27. The van der Waals surface area contributed by atoms with Crippen molar-refractivity contribution in [1.29, 1.82) is 0 Å². The number of carbonyl (C=O) groups is 1. The van der Waals surface area contributed by atoms with Crippen LogP contribution in [0.15, 0.2) is 24.4 Å². The number of hydrogen-bond acceptors (Lipinski definition) is 2. The molecule has 0 bridgehead atoms. The molecule has 0 aliphatic heterocycles. The Hall–Kier alpha value is -1.35. The fourth-order valence-electron chi connectivity index (χ4n) is 1.22. The predicted octanol–water partition coefficient (Wildman–Crippen LogP) is 2.74. The van der Waals surface area contributed by atoms with E-state index in [1.807, 2.05) is 26.0 Å². The molecule has 0 aliphatic carbocycles. The van der Waals surface area contributed by atoms with E-state index in [-0.39, 0.29) is 5.91 Å². The molecule has 0 aliphatic rings. The van der Waals surface area contributed by atoms with Crippen LogP contribution in [-0.2, 0) is 0 Å². The Morgan fingerprint density at radius 3 is 3.00 bits per heavy atom. The maximum absolute atomic E-state index is 11.7. The minimum Gasteiger partial charge on any atom is -0.352 e. The molecule has 0 radical (unpaired) electrons. The number of hydrogen-bond donors (Lipinski definition) is 1. The summed E-state index contributed by atoms with van der Waals surface area (Å²) in [5.41, 5.74) is 1.23. The molecule has 0 spiro atoms. The van der Waals surface area contributed by atoms with Gasteiger partial charge in [0.15, 0.2) is 0 Å². The Morgan fingerprint density at radius 2 is 2.38 bits per heavy atom. The normalized spacial score (nSPS) is 10.7. The first-order valence-corrected chi connectivity index (χ1v) is 5.54. The molecular formula is C12H15ClN2O. The molecule has 1 heterocycles. The molecule has 1 aromatic heterocycles. The van der Waals surface area contributed by atoms with Crippen molar-refractivity contribution in [2.45, 2.75) is 20.3 Å². The molecular weight excluding hydrogens is 224 g/mol. The fourth-order valence-corrected chi connectivity index (χ4v) is 1.52. The molecule has 16 heavy (non-hydrogen) atoms. The van der Waals surface area contributed by atoms with Gasteiger partial charge in [0.1, 0.15) is 0 Å². The zero-order valence-electron chi connectivity index (χ0n) is 9.46. The first-order valence-electron chi connectivity index (χ1n) is 5.16. The predicted molar refractivity (Wildman–Crippen MR) is 65.7 cm³/mol. The molecule has 1 amide bonds. The van der Waals surface area contributed by atoms with E-state index in [1.165, 1.54) is 6.20 Å². The van der Waals surface area contributed by atoms with Crippen LogP contribution < -0.4 is 5.32 Å². The van der Waals surface area contributed by atoms with Gasteiger partial charge < -0.3 is 5.32 Å². The first kappa shape index (κ1) is 12.7. The van der Waals surface area contributed by atoms with Crippen molar-refractivity contribution in [1.82, 2.24) is 10.3 Å². The number of aromatic nitrogens is 1. The number of aryl methyl sites for hydroxylation is 1. The molecule has 1 rings (SSSR count). The third-order valence-corrected chi connectivity index (χ3v) is 2.38. The summed E-state index contributed by atoms with van der Waals surface area (Å²) in [4.78, 5) is 15.7. The van der Waals surface area contributed by atoms with Gasteiger partial charge in [-0.25, -0.2) is 0 Å². The van der Waals surface area contributed by atoms with E-state index in [0.717, 1.165) is 12.1 Å². The van der Waals surface area contributed by atoms with Crippen molar-refractivity contribution in [2.24, 2.45) is 0 Å². The van der Waals surface area contributed by atoms with Gasteiger partial charge in [0.25, 0.3) is 5.91 Å². The number of allylic oxidation sites excluding steroid dienone is 1. The Labute approximate surface area is 101 Å². The van der Waals surface area contributed by atoms with Crippen LogP contribution in [0.3, 0.4) is 0 Å². The van der Waals surface area contributed by atoms with E-state index in [9.17, 15) is 4.79 Å². The van der Waals surface area contributed by atoms with Crippen LogP contribution >= 0.6 is 11.6 Å². The van der Waals surface area contributed by atoms with E-state index in [1.54, 1.807) is 6.07 Å². The number of nitrogens with one attached hydrogen (secondary N) is 1. The molecule has 86 valence electrons. The number of pyridine rings is 1.